The largest absolute Gasteiger partial charge is 0.416 e. The molecular formula is C21H18F3N5O. The second-order valence-corrected chi connectivity index (χ2v) is 6.73. The van der Waals surface area contributed by atoms with Crippen LogP contribution in [0.3, 0.4) is 0 Å². The monoisotopic (exact) mass is 413 g/mol. The van der Waals surface area contributed by atoms with Crippen LogP contribution in [0, 0.1) is 6.92 Å². The van der Waals surface area contributed by atoms with Crippen LogP contribution in [0.5, 0.6) is 0 Å². The van der Waals surface area contributed by atoms with Crippen LogP contribution < -0.4 is 5.32 Å². The predicted molar refractivity (Wildman–Crippen MR) is 107 cm³/mol. The van der Waals surface area contributed by atoms with E-state index in [4.69, 9.17) is 0 Å². The number of aromatic nitrogens is 4. The van der Waals surface area contributed by atoms with E-state index in [1.807, 2.05) is 35.8 Å². The van der Waals surface area contributed by atoms with Gasteiger partial charge in [-0.1, -0.05) is 18.2 Å². The zero-order valence-corrected chi connectivity index (χ0v) is 16.2. The first-order chi connectivity index (χ1) is 14.3. The van der Waals surface area contributed by atoms with Gasteiger partial charge >= 0.3 is 6.18 Å². The van der Waals surface area contributed by atoms with Gasteiger partial charge in [-0.2, -0.15) is 18.3 Å². The van der Waals surface area contributed by atoms with Gasteiger partial charge in [-0.15, -0.1) is 0 Å². The number of carbonyl (C=O) groups is 1. The lowest BCUT2D eigenvalue weighted by molar-refractivity contribution is -0.137. The van der Waals surface area contributed by atoms with Gasteiger partial charge in [0.1, 0.15) is 0 Å². The maximum absolute atomic E-state index is 13.0. The van der Waals surface area contributed by atoms with Crippen molar-refractivity contribution in [2.45, 2.75) is 26.6 Å². The zero-order valence-electron chi connectivity index (χ0n) is 16.2. The molecule has 0 radical (unpaired) electrons. The first kappa shape index (κ1) is 19.7. The lowest BCUT2D eigenvalue weighted by atomic mass is 10.2. The number of benzene rings is 2. The molecule has 0 aliphatic rings. The molecule has 1 N–H and O–H groups in total. The van der Waals surface area contributed by atoms with Gasteiger partial charge < -0.3 is 4.57 Å². The maximum Gasteiger partial charge on any atom is 0.416 e. The van der Waals surface area contributed by atoms with Gasteiger partial charge in [0.25, 0.3) is 5.91 Å². The summed E-state index contributed by atoms with van der Waals surface area (Å²) in [5.74, 6) is -0.0364. The summed E-state index contributed by atoms with van der Waals surface area (Å²) in [6.45, 7) is 4.18. The summed E-state index contributed by atoms with van der Waals surface area (Å²) < 4.78 is 42.2. The number of aryl methyl sites for hydroxylation is 1. The quantitative estimate of drug-likeness (QED) is 0.522. The molecular weight excluding hydrogens is 395 g/mol. The summed E-state index contributed by atoms with van der Waals surface area (Å²) in [5, 5.41) is 6.91. The number of carbonyl (C=O) groups excluding carboxylic acids is 1. The molecule has 0 saturated carbocycles. The molecule has 6 nitrogen and oxygen atoms in total. The van der Waals surface area contributed by atoms with E-state index >= 15 is 0 Å². The highest BCUT2D eigenvalue weighted by molar-refractivity contribution is 6.04. The summed E-state index contributed by atoms with van der Waals surface area (Å²) in [5.41, 5.74) is 1.77. The third-order valence-electron chi connectivity index (χ3n) is 4.87. The predicted octanol–water partition coefficient (Wildman–Crippen LogP) is 4.82. The SMILES string of the molecule is CCn1c(NC(=O)c2cnn(-c3cccc(C(F)(F)F)c3)c2C)nc2ccccc21. The fraction of sp³-hybridized carbons (Fsp3) is 0.190. The molecule has 2 heterocycles. The van der Waals surface area contributed by atoms with Crippen molar-refractivity contribution in [3.8, 4) is 5.69 Å². The third-order valence-corrected chi connectivity index (χ3v) is 4.87. The molecule has 4 rings (SSSR count). The second kappa shape index (κ2) is 7.33. The van der Waals surface area contributed by atoms with E-state index in [1.54, 1.807) is 6.92 Å². The molecule has 154 valence electrons. The Bertz CT molecular complexity index is 1240. The normalized spacial score (nSPS) is 11.8. The molecule has 0 bridgehead atoms. The molecule has 0 fully saturated rings. The summed E-state index contributed by atoms with van der Waals surface area (Å²) in [7, 11) is 0. The number of amides is 1. The molecule has 30 heavy (non-hydrogen) atoms. The minimum Gasteiger partial charge on any atom is -0.310 e. The maximum atomic E-state index is 13.0. The number of fused-ring (bicyclic) bond motifs is 1. The highest BCUT2D eigenvalue weighted by Crippen LogP contribution is 2.30. The number of imidazole rings is 1. The van der Waals surface area contributed by atoms with Gasteiger partial charge in [0.15, 0.2) is 0 Å². The van der Waals surface area contributed by atoms with Crippen molar-refractivity contribution in [1.82, 2.24) is 19.3 Å². The van der Waals surface area contributed by atoms with Crippen LogP contribution in [0.25, 0.3) is 16.7 Å². The van der Waals surface area contributed by atoms with Crippen LogP contribution in [0.15, 0.2) is 54.7 Å². The van der Waals surface area contributed by atoms with E-state index in [9.17, 15) is 18.0 Å². The molecule has 2 aromatic carbocycles. The lowest BCUT2D eigenvalue weighted by Crippen LogP contribution is -2.16. The molecule has 0 atom stereocenters. The molecule has 0 aliphatic heterocycles. The molecule has 2 aromatic heterocycles. The highest BCUT2D eigenvalue weighted by Gasteiger charge is 2.30. The number of nitrogens with zero attached hydrogens (tertiary/aromatic N) is 4. The van der Waals surface area contributed by atoms with Crippen LogP contribution in [0.1, 0.15) is 28.5 Å². The van der Waals surface area contributed by atoms with Crippen LogP contribution in [-0.2, 0) is 12.7 Å². The van der Waals surface area contributed by atoms with Gasteiger partial charge in [-0.25, -0.2) is 9.67 Å². The Hall–Kier alpha value is -3.62. The van der Waals surface area contributed by atoms with Crippen LogP contribution in [0.4, 0.5) is 19.1 Å². The fourth-order valence-electron chi connectivity index (χ4n) is 3.37. The number of rotatable bonds is 4. The van der Waals surface area contributed by atoms with Crippen molar-refractivity contribution in [2.75, 3.05) is 5.32 Å². The van der Waals surface area contributed by atoms with E-state index in [0.717, 1.165) is 23.2 Å². The summed E-state index contributed by atoms with van der Waals surface area (Å²) in [4.78, 5) is 17.3. The van der Waals surface area contributed by atoms with Gasteiger partial charge in [0, 0.05) is 6.54 Å². The summed E-state index contributed by atoms with van der Waals surface area (Å²) >= 11 is 0. The Morgan fingerprint density at radius 3 is 2.63 bits per heavy atom. The number of anilines is 1. The van der Waals surface area contributed by atoms with Gasteiger partial charge in [-0.05, 0) is 44.2 Å². The summed E-state index contributed by atoms with van der Waals surface area (Å²) in [6, 6.07) is 12.3. The van der Waals surface area contributed by atoms with Gasteiger partial charge in [0.05, 0.1) is 39.7 Å². The van der Waals surface area contributed by atoms with Crippen molar-refractivity contribution in [3.05, 3.63) is 71.5 Å². The van der Waals surface area contributed by atoms with Gasteiger partial charge in [-0.3, -0.25) is 10.1 Å². The average molecular weight is 413 g/mol. The first-order valence-corrected chi connectivity index (χ1v) is 9.28. The fourth-order valence-corrected chi connectivity index (χ4v) is 3.37. The average Bonchev–Trinajstić information content (AvgIpc) is 3.27. The smallest absolute Gasteiger partial charge is 0.310 e. The number of hydrogen-bond donors (Lipinski definition) is 1. The zero-order chi connectivity index (χ0) is 21.5. The van der Waals surface area contributed by atoms with Crippen LogP contribution >= 0.6 is 0 Å². The molecule has 0 unspecified atom stereocenters. The second-order valence-electron chi connectivity index (χ2n) is 6.73. The van der Waals surface area contributed by atoms with E-state index in [0.29, 0.717) is 18.2 Å². The Morgan fingerprint density at radius 2 is 1.90 bits per heavy atom. The van der Waals surface area contributed by atoms with Crippen molar-refractivity contribution < 1.29 is 18.0 Å². The van der Waals surface area contributed by atoms with Crippen LogP contribution in [0.2, 0.25) is 0 Å². The molecule has 0 aliphatic carbocycles. The first-order valence-electron chi connectivity index (χ1n) is 9.28. The minimum absolute atomic E-state index is 0.224. The Balaban J connectivity index is 1.66. The van der Waals surface area contributed by atoms with Crippen molar-refractivity contribution >= 4 is 22.9 Å². The van der Waals surface area contributed by atoms with Gasteiger partial charge in [0.2, 0.25) is 5.95 Å². The number of alkyl halides is 3. The molecule has 9 heteroatoms. The number of halogens is 3. The van der Waals surface area contributed by atoms with Crippen molar-refractivity contribution in [3.63, 3.8) is 0 Å². The molecule has 1 amide bonds. The number of nitrogens with one attached hydrogen (secondary N) is 1. The minimum atomic E-state index is -4.46. The topological polar surface area (TPSA) is 64.7 Å². The standard InChI is InChI=1S/C21H18F3N5O/c1-3-28-18-10-5-4-9-17(18)26-20(28)27-19(30)16-12-25-29(13(16)2)15-8-6-7-14(11-15)21(22,23)24/h4-12H,3H2,1-2H3,(H,26,27,30). The third kappa shape index (κ3) is 3.42. The van der Waals surface area contributed by atoms with E-state index in [-0.39, 0.29) is 11.3 Å². The van der Waals surface area contributed by atoms with E-state index in [1.165, 1.54) is 23.0 Å². The Kier molecular flexibility index (Phi) is 4.81. The van der Waals surface area contributed by atoms with Crippen molar-refractivity contribution in [2.24, 2.45) is 0 Å². The van der Waals surface area contributed by atoms with Crippen molar-refractivity contribution in [1.29, 1.82) is 0 Å². The molecule has 0 spiro atoms. The Morgan fingerprint density at radius 1 is 1.13 bits per heavy atom. The highest BCUT2D eigenvalue weighted by atomic mass is 19.4. The molecule has 0 saturated heterocycles. The Labute approximate surface area is 170 Å². The molecule has 4 aromatic rings. The lowest BCUT2D eigenvalue weighted by Gasteiger charge is -2.10. The number of para-hydroxylation sites is 2. The number of hydrogen-bond acceptors (Lipinski definition) is 3. The summed E-state index contributed by atoms with van der Waals surface area (Å²) in [6.07, 6.45) is -3.12. The van der Waals surface area contributed by atoms with E-state index in [2.05, 4.69) is 15.4 Å². The van der Waals surface area contributed by atoms with Crippen LogP contribution in [-0.4, -0.2) is 25.2 Å². The van der Waals surface area contributed by atoms with E-state index < -0.39 is 17.6 Å².